The molecule has 1 N–H and O–H groups in total. The van der Waals surface area contributed by atoms with Gasteiger partial charge < -0.3 is 5.32 Å². The fraction of sp³-hybridized carbons (Fsp3) is 0.714. The first-order chi connectivity index (χ1) is 8.42. The summed E-state index contributed by atoms with van der Waals surface area (Å²) in [5, 5.41) is 5.70. The summed E-state index contributed by atoms with van der Waals surface area (Å²) >= 11 is 1.94. The van der Waals surface area contributed by atoms with Gasteiger partial charge in [-0.15, -0.1) is 11.3 Å². The van der Waals surface area contributed by atoms with Gasteiger partial charge in [-0.1, -0.05) is 0 Å². The van der Waals surface area contributed by atoms with E-state index >= 15 is 0 Å². The maximum absolute atomic E-state index is 3.45. The highest BCUT2D eigenvalue weighted by molar-refractivity contribution is 7.10. The van der Waals surface area contributed by atoms with Gasteiger partial charge in [0.1, 0.15) is 0 Å². The minimum absolute atomic E-state index is 0.972. The average molecular weight is 250 g/mol. The van der Waals surface area contributed by atoms with Crippen LogP contribution in [0.25, 0.3) is 0 Å². The fourth-order valence-corrected chi connectivity index (χ4v) is 3.92. The summed E-state index contributed by atoms with van der Waals surface area (Å²) in [6.07, 6.45) is 5.45. The van der Waals surface area contributed by atoms with Crippen LogP contribution in [0.5, 0.6) is 0 Å². The van der Waals surface area contributed by atoms with E-state index in [1.165, 1.54) is 58.4 Å². The van der Waals surface area contributed by atoms with Gasteiger partial charge in [-0.25, -0.2) is 0 Å². The first-order valence-corrected chi connectivity index (χ1v) is 7.78. The second-order valence-electron chi connectivity index (χ2n) is 5.38. The molecule has 1 saturated heterocycles. The van der Waals surface area contributed by atoms with Gasteiger partial charge in [0.05, 0.1) is 0 Å². The predicted molar refractivity (Wildman–Crippen MR) is 73.5 cm³/mol. The second-order valence-corrected chi connectivity index (χ2v) is 6.38. The van der Waals surface area contributed by atoms with Crippen molar-refractivity contribution in [1.29, 1.82) is 0 Å². The minimum atomic E-state index is 0.972. The molecule has 0 radical (unpaired) electrons. The van der Waals surface area contributed by atoms with Crippen LogP contribution >= 0.6 is 11.3 Å². The Morgan fingerprint density at radius 3 is 3.12 bits per heavy atom. The Morgan fingerprint density at radius 2 is 2.24 bits per heavy atom. The second kappa shape index (κ2) is 5.51. The maximum Gasteiger partial charge on any atom is 0.0244 e. The number of fused-ring (bicyclic) bond motifs is 1. The zero-order valence-electron chi connectivity index (χ0n) is 10.5. The Balaban J connectivity index is 1.47. The van der Waals surface area contributed by atoms with E-state index in [9.17, 15) is 0 Å². The number of nitrogens with zero attached hydrogens (tertiary/aromatic N) is 1. The molecule has 0 aliphatic carbocycles. The standard InChI is InChI=1S/C14H22N2S/c1-6-15-7-2-12(1)3-8-16-9-4-14-13(11-16)5-10-17-14/h5,10,12,15H,1-4,6-9,11H2. The lowest BCUT2D eigenvalue weighted by Gasteiger charge is -2.29. The number of hydrogen-bond acceptors (Lipinski definition) is 3. The molecule has 0 bridgehead atoms. The van der Waals surface area contributed by atoms with Crippen LogP contribution in [0, 0.1) is 5.92 Å². The summed E-state index contributed by atoms with van der Waals surface area (Å²) in [6.45, 7) is 6.25. The molecule has 3 heteroatoms. The maximum atomic E-state index is 3.45. The topological polar surface area (TPSA) is 15.3 Å². The SMILES string of the molecule is c1cc2c(s1)CCN(CCC1CCNCC1)C2. The third-order valence-electron chi connectivity index (χ3n) is 4.20. The highest BCUT2D eigenvalue weighted by Crippen LogP contribution is 2.25. The van der Waals surface area contributed by atoms with Crippen LogP contribution in [-0.2, 0) is 13.0 Å². The Hall–Kier alpha value is -0.380. The molecule has 3 heterocycles. The monoisotopic (exact) mass is 250 g/mol. The van der Waals surface area contributed by atoms with Crippen molar-refractivity contribution in [2.45, 2.75) is 32.2 Å². The Kier molecular flexibility index (Phi) is 3.79. The smallest absolute Gasteiger partial charge is 0.0244 e. The van der Waals surface area contributed by atoms with Gasteiger partial charge in [0.2, 0.25) is 0 Å². The Bertz CT molecular complexity index is 355. The summed E-state index contributed by atoms with van der Waals surface area (Å²) in [4.78, 5) is 4.28. The van der Waals surface area contributed by atoms with Crippen LogP contribution in [0.2, 0.25) is 0 Å². The third kappa shape index (κ3) is 2.90. The molecule has 1 aromatic heterocycles. The van der Waals surface area contributed by atoms with E-state index in [0.29, 0.717) is 0 Å². The van der Waals surface area contributed by atoms with E-state index < -0.39 is 0 Å². The zero-order valence-corrected chi connectivity index (χ0v) is 11.3. The summed E-state index contributed by atoms with van der Waals surface area (Å²) in [5.74, 6) is 0.972. The van der Waals surface area contributed by atoms with Crippen LogP contribution < -0.4 is 5.32 Å². The van der Waals surface area contributed by atoms with E-state index in [4.69, 9.17) is 0 Å². The van der Waals surface area contributed by atoms with Gasteiger partial charge in [-0.3, -0.25) is 4.90 Å². The zero-order chi connectivity index (χ0) is 11.5. The van der Waals surface area contributed by atoms with Crippen LogP contribution in [0.15, 0.2) is 11.4 Å². The lowest BCUT2D eigenvalue weighted by atomic mass is 9.94. The van der Waals surface area contributed by atoms with Crippen molar-refractivity contribution in [3.05, 3.63) is 21.9 Å². The molecular weight excluding hydrogens is 228 g/mol. The highest BCUT2D eigenvalue weighted by atomic mass is 32.1. The van der Waals surface area contributed by atoms with Crippen LogP contribution in [0.4, 0.5) is 0 Å². The molecule has 17 heavy (non-hydrogen) atoms. The average Bonchev–Trinajstić information content (AvgIpc) is 2.85. The molecule has 0 spiro atoms. The van der Waals surface area contributed by atoms with Gasteiger partial charge in [0.25, 0.3) is 0 Å². The van der Waals surface area contributed by atoms with Gasteiger partial charge in [0, 0.05) is 18.0 Å². The van der Waals surface area contributed by atoms with Crippen molar-refractivity contribution in [3.8, 4) is 0 Å². The first kappa shape index (κ1) is 11.7. The number of rotatable bonds is 3. The molecule has 94 valence electrons. The van der Waals surface area contributed by atoms with Gasteiger partial charge in [-0.05, 0) is 68.2 Å². The van der Waals surface area contributed by atoms with Crippen LogP contribution in [0.1, 0.15) is 29.7 Å². The minimum Gasteiger partial charge on any atom is -0.317 e. The lowest BCUT2D eigenvalue weighted by molar-refractivity contribution is 0.221. The van der Waals surface area contributed by atoms with Crippen molar-refractivity contribution in [3.63, 3.8) is 0 Å². The van der Waals surface area contributed by atoms with Crippen molar-refractivity contribution in [2.24, 2.45) is 5.92 Å². The third-order valence-corrected chi connectivity index (χ3v) is 5.22. The van der Waals surface area contributed by atoms with Crippen molar-refractivity contribution in [1.82, 2.24) is 10.2 Å². The summed E-state index contributed by atoms with van der Waals surface area (Å²) in [5.41, 5.74) is 1.59. The highest BCUT2D eigenvalue weighted by Gasteiger charge is 2.19. The van der Waals surface area contributed by atoms with Gasteiger partial charge in [0.15, 0.2) is 0 Å². The molecule has 1 fully saturated rings. The van der Waals surface area contributed by atoms with E-state index in [1.54, 1.807) is 10.4 Å². The first-order valence-electron chi connectivity index (χ1n) is 6.90. The normalized spacial score (nSPS) is 22.6. The van der Waals surface area contributed by atoms with Crippen LogP contribution in [0.3, 0.4) is 0 Å². The quantitative estimate of drug-likeness (QED) is 0.886. The van der Waals surface area contributed by atoms with E-state index in [1.807, 2.05) is 11.3 Å². The molecule has 3 rings (SSSR count). The molecule has 0 saturated carbocycles. The van der Waals surface area contributed by atoms with E-state index in [-0.39, 0.29) is 0 Å². The van der Waals surface area contributed by atoms with E-state index in [0.717, 1.165) is 5.92 Å². The van der Waals surface area contributed by atoms with Gasteiger partial charge in [-0.2, -0.15) is 0 Å². The molecule has 2 aliphatic heterocycles. The van der Waals surface area contributed by atoms with Crippen molar-refractivity contribution >= 4 is 11.3 Å². The number of piperidine rings is 1. The summed E-state index contributed by atoms with van der Waals surface area (Å²) < 4.78 is 0. The molecule has 0 amide bonds. The summed E-state index contributed by atoms with van der Waals surface area (Å²) in [6, 6.07) is 2.32. The van der Waals surface area contributed by atoms with E-state index in [2.05, 4.69) is 21.7 Å². The molecule has 2 nitrogen and oxygen atoms in total. The number of hydrogen-bond donors (Lipinski definition) is 1. The Labute approximate surface area is 108 Å². The van der Waals surface area contributed by atoms with Crippen LogP contribution in [-0.4, -0.2) is 31.1 Å². The fourth-order valence-electron chi connectivity index (χ4n) is 3.03. The number of thiophene rings is 1. The molecule has 2 aliphatic rings. The predicted octanol–water partition coefficient (Wildman–Crippen LogP) is 2.50. The largest absolute Gasteiger partial charge is 0.317 e. The van der Waals surface area contributed by atoms with Gasteiger partial charge >= 0.3 is 0 Å². The Morgan fingerprint density at radius 1 is 1.35 bits per heavy atom. The summed E-state index contributed by atoms with van der Waals surface area (Å²) in [7, 11) is 0. The molecule has 0 unspecified atom stereocenters. The molecule has 1 aromatic rings. The molecule has 0 atom stereocenters. The molecule has 0 aromatic carbocycles. The van der Waals surface area contributed by atoms with Crippen molar-refractivity contribution < 1.29 is 0 Å². The molecular formula is C14H22N2S. The lowest BCUT2D eigenvalue weighted by Crippen LogP contribution is -2.34. The van der Waals surface area contributed by atoms with Crippen molar-refractivity contribution in [2.75, 3.05) is 26.2 Å². The number of nitrogens with one attached hydrogen (secondary N) is 1.